The largest absolute Gasteiger partial charge is 0.395 e. The molecule has 0 spiro atoms. The Labute approximate surface area is 487 Å². The maximum absolute atomic E-state index is 12.5. The van der Waals surface area contributed by atoms with E-state index in [0.29, 0.717) is 13.1 Å². The Hall–Kier alpha value is -7.33. The average molecular weight is 1150 g/mol. The minimum absolute atomic E-state index is 0.0630. The lowest BCUT2D eigenvalue weighted by Crippen LogP contribution is -2.24. The highest BCUT2D eigenvalue weighted by atomic mass is 35.7. The summed E-state index contributed by atoms with van der Waals surface area (Å²) in [4.78, 5) is 12.8. The number of nitrogens with zero attached hydrogens (tertiary/aromatic N) is 6. The van der Waals surface area contributed by atoms with Gasteiger partial charge in [-0.3, -0.25) is 4.18 Å². The molecule has 15 heteroatoms. The molecular weight excluding hydrogens is 1070 g/mol. The van der Waals surface area contributed by atoms with Crippen LogP contribution in [0.4, 0.5) is 34.1 Å². The van der Waals surface area contributed by atoms with Crippen molar-refractivity contribution in [2.75, 3.05) is 126 Å². The lowest BCUT2D eigenvalue weighted by Gasteiger charge is -2.23. The number of aliphatic hydroxyl groups excluding tert-OH is 1. The Morgan fingerprint density at radius 2 is 0.617 bits per heavy atom. The first-order valence-corrected chi connectivity index (χ1v) is 30.5. The van der Waals surface area contributed by atoms with E-state index in [0.717, 1.165) is 33.9 Å². The summed E-state index contributed by atoms with van der Waals surface area (Å²) < 4.78 is 51.8. The molecule has 0 heterocycles. The van der Waals surface area contributed by atoms with Gasteiger partial charge >= 0.3 is 0 Å². The number of benzene rings is 8. The van der Waals surface area contributed by atoms with E-state index in [2.05, 4.69) is 198 Å². The van der Waals surface area contributed by atoms with E-state index in [1.165, 1.54) is 56.9 Å². The van der Waals surface area contributed by atoms with Gasteiger partial charge in [0.2, 0.25) is 0 Å². The molecule has 0 atom stereocenters. The van der Waals surface area contributed by atoms with E-state index in [4.69, 9.17) is 14.9 Å². The second-order valence-corrected chi connectivity index (χ2v) is 25.1. The zero-order valence-corrected chi connectivity index (χ0v) is 51.2. The van der Waals surface area contributed by atoms with Crippen LogP contribution >= 0.6 is 10.7 Å². The third kappa shape index (κ3) is 17.8. The van der Waals surface area contributed by atoms with Crippen molar-refractivity contribution in [2.45, 2.75) is 35.5 Å². The van der Waals surface area contributed by atoms with E-state index < -0.39 is 19.2 Å². The SMILES string of the molecule is CN(C)c1ccc(C(c2ccc(N(C)C)cc2)c2ccc(N(C)CCO)cc2)cc1.Cc1ccc(S(=O)(=O)Cl)cc1.Cc1ccc(S(=O)(=O)OCCN(C)c2ccc(C(c3ccc(N(C)C)cc3)c3ccc(N(C)C)cc3)cc2)cc1. The van der Waals surface area contributed by atoms with Crippen LogP contribution < -0.4 is 29.4 Å². The first kappa shape index (κ1) is 62.9. The van der Waals surface area contributed by atoms with Crippen molar-refractivity contribution in [3.05, 3.63) is 239 Å². The van der Waals surface area contributed by atoms with E-state index >= 15 is 0 Å². The van der Waals surface area contributed by atoms with Crippen LogP contribution in [0, 0.1) is 13.8 Å². The van der Waals surface area contributed by atoms with Crippen LogP contribution in [0.2, 0.25) is 0 Å². The maximum atomic E-state index is 12.5. The Morgan fingerprint density at radius 1 is 0.370 bits per heavy atom. The fourth-order valence-electron chi connectivity index (χ4n) is 9.02. The summed E-state index contributed by atoms with van der Waals surface area (Å²) in [6.45, 7) is 5.07. The first-order chi connectivity index (χ1) is 38.4. The molecule has 0 radical (unpaired) electrons. The number of hydrogen-bond acceptors (Lipinski definition) is 12. The van der Waals surface area contributed by atoms with Crippen molar-refractivity contribution < 1.29 is 26.1 Å². The first-order valence-electron chi connectivity index (χ1n) is 26.8. The van der Waals surface area contributed by atoms with Crippen LogP contribution in [-0.2, 0) is 23.4 Å². The molecule has 8 rings (SSSR count). The molecule has 0 aliphatic rings. The highest BCUT2D eigenvalue weighted by Gasteiger charge is 2.21. The number of hydrogen-bond donors (Lipinski definition) is 1. The Balaban J connectivity index is 0.000000225. The lowest BCUT2D eigenvalue weighted by atomic mass is 9.85. The molecule has 0 saturated carbocycles. The Morgan fingerprint density at radius 3 is 0.864 bits per heavy atom. The van der Waals surface area contributed by atoms with Crippen LogP contribution in [0.3, 0.4) is 0 Å². The molecule has 0 aliphatic heterocycles. The standard InChI is InChI=1S/C33H39N3O3S.C26H33N3O.C7H7ClO2S/c1-25-7-21-32(22-8-25)40(37,38)39-24-23-36(6)31-19-13-28(14-20-31)33(26-9-15-29(16-10-26)34(2)3)27-11-17-30(18-12-27)35(4)5;1-27(2)23-12-6-20(7-13-23)26(21-8-14-24(15-9-21)28(3)4)22-10-16-25(17-11-22)29(5)18-19-30;1-6-2-4-7(5-3-6)11(8,9)10/h7-22,33H,23-24H2,1-6H3;6-17,26,30H,18-19H2,1-5H3;2-5H,1H3. The van der Waals surface area contributed by atoms with Crippen LogP contribution in [0.5, 0.6) is 0 Å². The van der Waals surface area contributed by atoms with Gasteiger partial charge in [-0.05, 0) is 144 Å². The van der Waals surface area contributed by atoms with Crippen molar-refractivity contribution >= 4 is 64.0 Å². The quantitative estimate of drug-likeness (QED) is 0.0445. The van der Waals surface area contributed by atoms with Crippen molar-refractivity contribution in [3.8, 4) is 0 Å². The number of rotatable bonds is 20. The monoisotopic (exact) mass is 1150 g/mol. The average Bonchev–Trinajstić information content (AvgIpc) is 3.47. The molecule has 1 N–H and O–H groups in total. The summed E-state index contributed by atoms with van der Waals surface area (Å²) in [5.74, 6) is 0.240. The van der Waals surface area contributed by atoms with Gasteiger partial charge in [0.1, 0.15) is 0 Å². The minimum atomic E-state index is -3.78. The van der Waals surface area contributed by atoms with Crippen molar-refractivity contribution in [1.29, 1.82) is 0 Å². The molecule has 0 aliphatic carbocycles. The highest BCUT2D eigenvalue weighted by molar-refractivity contribution is 8.13. The Bertz CT molecular complexity index is 3320. The van der Waals surface area contributed by atoms with Gasteiger partial charge in [0.15, 0.2) is 0 Å². The lowest BCUT2D eigenvalue weighted by molar-refractivity contribution is 0.304. The van der Waals surface area contributed by atoms with E-state index in [1.807, 2.05) is 61.0 Å². The molecule has 81 heavy (non-hydrogen) atoms. The van der Waals surface area contributed by atoms with Gasteiger partial charge < -0.3 is 34.5 Å². The molecular formula is C66H79ClN6O6S2. The van der Waals surface area contributed by atoms with Gasteiger partial charge in [0.25, 0.3) is 19.2 Å². The minimum Gasteiger partial charge on any atom is -0.395 e. The molecule has 0 saturated heterocycles. The molecule has 8 aromatic carbocycles. The predicted octanol–water partition coefficient (Wildman–Crippen LogP) is 12.5. The zero-order chi connectivity index (χ0) is 59.0. The Kier molecular flexibility index (Phi) is 22.4. The molecule has 0 bridgehead atoms. The van der Waals surface area contributed by atoms with Crippen LogP contribution in [0.15, 0.2) is 204 Å². The van der Waals surface area contributed by atoms with Gasteiger partial charge in [-0.2, -0.15) is 8.42 Å². The summed E-state index contributed by atoms with van der Waals surface area (Å²) in [5.41, 5.74) is 16.3. The highest BCUT2D eigenvalue weighted by Crippen LogP contribution is 2.37. The number of halogens is 1. The van der Waals surface area contributed by atoms with Crippen molar-refractivity contribution in [2.24, 2.45) is 0 Å². The summed E-state index contributed by atoms with van der Waals surface area (Å²) in [7, 11) is 18.1. The number of anilines is 6. The third-order valence-corrected chi connectivity index (χ3v) is 16.7. The number of likely N-dealkylation sites (N-methyl/N-ethyl adjacent to an activating group) is 2. The number of aryl methyl sites for hydroxylation is 2. The van der Waals surface area contributed by atoms with E-state index in [-0.39, 0.29) is 34.8 Å². The predicted molar refractivity (Wildman–Crippen MR) is 340 cm³/mol. The molecule has 0 aromatic heterocycles. The van der Waals surface area contributed by atoms with Gasteiger partial charge in [-0.15, -0.1) is 0 Å². The fraction of sp³-hybridized carbons (Fsp3) is 0.273. The summed E-state index contributed by atoms with van der Waals surface area (Å²) in [5, 5.41) is 9.21. The van der Waals surface area contributed by atoms with Crippen LogP contribution in [-0.4, -0.2) is 119 Å². The molecule has 0 fully saturated rings. The second-order valence-electron chi connectivity index (χ2n) is 20.9. The topological polar surface area (TPSA) is 117 Å². The van der Waals surface area contributed by atoms with Gasteiger partial charge in [0.05, 0.1) is 23.0 Å². The summed E-state index contributed by atoms with van der Waals surface area (Å²) in [6.07, 6.45) is 0. The second kappa shape index (κ2) is 28.9. The molecule has 12 nitrogen and oxygen atoms in total. The van der Waals surface area contributed by atoms with Crippen LogP contribution in [0.25, 0.3) is 0 Å². The normalized spacial score (nSPS) is 11.3. The van der Waals surface area contributed by atoms with Crippen LogP contribution in [0.1, 0.15) is 56.3 Å². The van der Waals surface area contributed by atoms with Gasteiger partial charge in [-0.1, -0.05) is 108 Å². The van der Waals surface area contributed by atoms with E-state index in [9.17, 15) is 21.9 Å². The maximum Gasteiger partial charge on any atom is 0.297 e. The molecule has 0 unspecified atom stereocenters. The molecule has 428 valence electrons. The third-order valence-electron chi connectivity index (χ3n) is 14.0. The van der Waals surface area contributed by atoms with Crippen molar-refractivity contribution in [1.82, 2.24) is 0 Å². The molecule has 0 amide bonds. The zero-order valence-electron chi connectivity index (χ0n) is 48.8. The molecule has 8 aromatic rings. The summed E-state index contributed by atoms with van der Waals surface area (Å²) >= 11 is 0. The fourth-order valence-corrected chi connectivity index (χ4v) is 10.7. The number of aliphatic hydroxyl groups is 1. The smallest absolute Gasteiger partial charge is 0.297 e. The van der Waals surface area contributed by atoms with Gasteiger partial charge in [-0.25, -0.2) is 8.42 Å². The van der Waals surface area contributed by atoms with E-state index in [1.54, 1.807) is 36.4 Å². The van der Waals surface area contributed by atoms with Gasteiger partial charge in [0, 0.05) is 140 Å². The summed E-state index contributed by atoms with van der Waals surface area (Å²) in [6, 6.07) is 65.3. The van der Waals surface area contributed by atoms with Crippen molar-refractivity contribution in [3.63, 3.8) is 0 Å².